The molecule has 3 nitrogen and oxygen atoms in total. The van der Waals surface area contributed by atoms with Gasteiger partial charge in [-0.2, -0.15) is 0 Å². The van der Waals surface area contributed by atoms with E-state index in [1.165, 1.54) is 19.0 Å². The molecule has 0 unspecified atom stereocenters. The second-order valence-electron chi connectivity index (χ2n) is 4.92. The molecule has 0 aromatic carbocycles. The van der Waals surface area contributed by atoms with E-state index in [0.717, 1.165) is 19.6 Å². The number of hydrogen-bond acceptors (Lipinski definition) is 3. The Morgan fingerprint density at radius 3 is 1.29 bits per heavy atom. The van der Waals surface area contributed by atoms with Crippen molar-refractivity contribution in [1.29, 1.82) is 0 Å². The van der Waals surface area contributed by atoms with Crippen LogP contribution >= 0.6 is 7.71 Å². The third kappa shape index (κ3) is 3.89. The molecule has 0 bridgehead atoms. The first-order valence-corrected chi connectivity index (χ1v) is 9.19. The monoisotopic (exact) mass is 263 g/mol. The van der Waals surface area contributed by atoms with Crippen molar-refractivity contribution >= 4 is 7.71 Å². The van der Waals surface area contributed by atoms with Gasteiger partial charge in [0.15, 0.2) is 0 Å². The Morgan fingerprint density at radius 2 is 1.06 bits per heavy atom. The van der Waals surface area contributed by atoms with Crippen LogP contribution in [0.3, 0.4) is 0 Å². The van der Waals surface area contributed by atoms with Gasteiger partial charge in [0.05, 0.1) is 0 Å². The molecule has 0 fully saturated rings. The van der Waals surface area contributed by atoms with Crippen LogP contribution in [0.2, 0.25) is 0 Å². The van der Waals surface area contributed by atoms with E-state index in [0.29, 0.717) is 0 Å². The van der Waals surface area contributed by atoms with Crippen molar-refractivity contribution in [1.82, 2.24) is 14.0 Å². The third-order valence-corrected chi connectivity index (χ3v) is 9.76. The fourth-order valence-corrected chi connectivity index (χ4v) is 7.86. The zero-order chi connectivity index (χ0) is 13.5. The summed E-state index contributed by atoms with van der Waals surface area (Å²) < 4.78 is 7.86. The first kappa shape index (κ1) is 17.3. The van der Waals surface area contributed by atoms with Gasteiger partial charge < -0.3 is 0 Å². The SMILES string of the molecule is CCCC[PH](N(C)CC)(N(C)CC)N(C)CC. The minimum atomic E-state index is -1.63. The molecule has 0 saturated carbocycles. The summed E-state index contributed by atoms with van der Waals surface area (Å²) in [6.07, 6.45) is 3.98. The van der Waals surface area contributed by atoms with Gasteiger partial charge in [0, 0.05) is 0 Å². The van der Waals surface area contributed by atoms with E-state index in [4.69, 9.17) is 0 Å². The van der Waals surface area contributed by atoms with E-state index in [-0.39, 0.29) is 0 Å². The van der Waals surface area contributed by atoms with Crippen LogP contribution in [0.25, 0.3) is 0 Å². The van der Waals surface area contributed by atoms with E-state index in [9.17, 15) is 0 Å². The Bertz CT molecular complexity index is 173. The molecule has 0 aliphatic heterocycles. The molecule has 0 saturated heterocycles. The minimum absolute atomic E-state index is 1.14. The van der Waals surface area contributed by atoms with Gasteiger partial charge in [-0.3, -0.25) is 0 Å². The van der Waals surface area contributed by atoms with Crippen molar-refractivity contribution < 1.29 is 0 Å². The van der Waals surface area contributed by atoms with Crippen LogP contribution in [-0.2, 0) is 0 Å². The summed E-state index contributed by atoms with van der Waals surface area (Å²) in [5, 5.41) is 0. The van der Waals surface area contributed by atoms with Crippen LogP contribution in [0.15, 0.2) is 0 Å². The molecule has 0 heterocycles. The van der Waals surface area contributed by atoms with E-state index in [1.54, 1.807) is 0 Å². The topological polar surface area (TPSA) is 9.72 Å². The van der Waals surface area contributed by atoms with E-state index >= 15 is 0 Å². The summed E-state index contributed by atoms with van der Waals surface area (Å²) in [4.78, 5) is 0. The van der Waals surface area contributed by atoms with E-state index in [1.807, 2.05) is 0 Å². The van der Waals surface area contributed by atoms with Crippen molar-refractivity contribution in [2.24, 2.45) is 0 Å². The standard InChI is InChI=1S/C13H34N3P/c1-8-12-13-17(14(5)9-2,15(6)10-3)16(7)11-4/h17H,8-13H2,1-7H3. The summed E-state index contributed by atoms with van der Waals surface area (Å²) in [5.41, 5.74) is 0. The number of rotatable bonds is 9. The number of hydrogen-bond donors (Lipinski definition) is 0. The van der Waals surface area contributed by atoms with Gasteiger partial charge in [0.1, 0.15) is 0 Å². The average molecular weight is 263 g/mol. The van der Waals surface area contributed by atoms with Gasteiger partial charge in [-0.15, -0.1) is 0 Å². The number of unbranched alkanes of at least 4 members (excludes halogenated alkanes) is 1. The predicted octanol–water partition coefficient (Wildman–Crippen LogP) is 3.14. The van der Waals surface area contributed by atoms with E-state index < -0.39 is 7.71 Å². The zero-order valence-electron chi connectivity index (χ0n) is 13.1. The summed E-state index contributed by atoms with van der Waals surface area (Å²) in [5.74, 6) is 0. The van der Waals surface area contributed by atoms with Crippen LogP contribution < -0.4 is 0 Å². The predicted molar refractivity (Wildman–Crippen MR) is 83.0 cm³/mol. The molecule has 17 heavy (non-hydrogen) atoms. The molecule has 0 radical (unpaired) electrons. The van der Waals surface area contributed by atoms with E-state index in [2.05, 4.69) is 62.8 Å². The van der Waals surface area contributed by atoms with Crippen LogP contribution in [0, 0.1) is 0 Å². The quantitative estimate of drug-likeness (QED) is 0.592. The van der Waals surface area contributed by atoms with Crippen molar-refractivity contribution in [2.75, 3.05) is 46.9 Å². The molecule has 106 valence electrons. The van der Waals surface area contributed by atoms with Gasteiger partial charge >= 0.3 is 109 Å². The van der Waals surface area contributed by atoms with Gasteiger partial charge in [-0.25, -0.2) is 0 Å². The Morgan fingerprint density at radius 1 is 0.706 bits per heavy atom. The first-order valence-electron chi connectivity index (χ1n) is 7.14. The Kier molecular flexibility index (Phi) is 8.57. The molecule has 0 aliphatic carbocycles. The Labute approximate surface area is 110 Å². The molecule has 0 aromatic heterocycles. The molecule has 0 aliphatic rings. The van der Waals surface area contributed by atoms with Crippen LogP contribution in [0.4, 0.5) is 0 Å². The normalized spacial score (nSPS) is 14.0. The summed E-state index contributed by atoms with van der Waals surface area (Å²) in [6.45, 7) is 12.6. The first-order chi connectivity index (χ1) is 8.00. The van der Waals surface area contributed by atoms with Crippen molar-refractivity contribution in [3.63, 3.8) is 0 Å². The number of nitrogens with zero attached hydrogens (tertiary/aromatic N) is 3. The molecule has 0 aromatic rings. The summed E-state index contributed by atoms with van der Waals surface area (Å²) >= 11 is 0. The molecule has 0 atom stereocenters. The molecule has 0 amide bonds. The van der Waals surface area contributed by atoms with Gasteiger partial charge in [0.25, 0.3) is 0 Å². The molecule has 4 heteroatoms. The van der Waals surface area contributed by atoms with Crippen molar-refractivity contribution in [3.8, 4) is 0 Å². The molecule has 0 rings (SSSR count). The van der Waals surface area contributed by atoms with Crippen LogP contribution in [0.1, 0.15) is 40.5 Å². The summed E-state index contributed by atoms with van der Waals surface area (Å²) in [6, 6.07) is 0. The Balaban J connectivity index is 5.19. The van der Waals surface area contributed by atoms with Crippen molar-refractivity contribution in [2.45, 2.75) is 40.5 Å². The van der Waals surface area contributed by atoms with Gasteiger partial charge in [0.2, 0.25) is 0 Å². The second-order valence-corrected chi connectivity index (χ2v) is 9.26. The molecule has 0 spiro atoms. The van der Waals surface area contributed by atoms with Crippen molar-refractivity contribution in [3.05, 3.63) is 0 Å². The second kappa shape index (κ2) is 8.42. The summed E-state index contributed by atoms with van der Waals surface area (Å²) in [7, 11) is 5.29. The molecular formula is C13H34N3P. The Hall–Kier alpha value is 0.310. The maximum atomic E-state index is 2.62. The van der Waals surface area contributed by atoms with Gasteiger partial charge in [-0.05, 0) is 0 Å². The molecule has 0 N–H and O–H groups in total. The molecular weight excluding hydrogens is 229 g/mol. The maximum absolute atomic E-state index is 2.62. The zero-order valence-corrected chi connectivity index (χ0v) is 14.1. The fraction of sp³-hybridized carbons (Fsp3) is 1.00. The third-order valence-electron chi connectivity index (χ3n) is 4.12. The van der Waals surface area contributed by atoms with Gasteiger partial charge in [-0.1, -0.05) is 0 Å². The van der Waals surface area contributed by atoms with Crippen LogP contribution in [-0.4, -0.2) is 61.0 Å². The van der Waals surface area contributed by atoms with Crippen LogP contribution in [0.5, 0.6) is 0 Å². The fourth-order valence-electron chi connectivity index (χ4n) is 2.62. The average Bonchev–Trinajstić information content (AvgIpc) is 2.37.